The third kappa shape index (κ3) is 10.5. The molecule has 0 saturated heterocycles. The van der Waals surface area contributed by atoms with Gasteiger partial charge in [0.05, 0.1) is 0 Å². The summed E-state index contributed by atoms with van der Waals surface area (Å²) in [6.45, 7) is 0.998. The maximum Gasteiger partial charge on any atom is 0.322 e. The first-order valence-corrected chi connectivity index (χ1v) is 8.84. The van der Waals surface area contributed by atoms with Crippen LogP contribution in [0.15, 0.2) is 0 Å². The molecule has 0 heterocycles. The zero-order valence-electron chi connectivity index (χ0n) is 14.3. The zero-order valence-corrected chi connectivity index (χ0v) is 15.1. The number of carbonyl (C=O) groups excluding carboxylic acids is 3. The number of amides is 3. The lowest BCUT2D eigenvalue weighted by Gasteiger charge is -2.18. The summed E-state index contributed by atoms with van der Waals surface area (Å²) < 4.78 is 0. The summed E-state index contributed by atoms with van der Waals surface area (Å²) in [4.78, 5) is 56.1. The van der Waals surface area contributed by atoms with E-state index in [0.717, 1.165) is 0 Å². The Labute approximate surface area is 154 Å². The Hall–Kier alpha value is -2.34. The monoisotopic (exact) mass is 392 g/mol. The summed E-state index contributed by atoms with van der Waals surface area (Å²) in [5.74, 6) is -4.33. The molecule has 0 aliphatic heterocycles. The van der Waals surface area contributed by atoms with Crippen LogP contribution in [-0.2, 0) is 24.0 Å². The highest BCUT2D eigenvalue weighted by atomic mass is 32.2. The number of nitrogens with two attached hydrogens (primary N) is 2. The Bertz CT molecular complexity index is 543. The van der Waals surface area contributed by atoms with E-state index in [1.54, 1.807) is 6.92 Å². The average Bonchev–Trinajstić information content (AvgIpc) is 2.55. The molecule has 3 amide bonds. The smallest absolute Gasteiger partial charge is 0.322 e. The lowest BCUT2D eigenvalue weighted by Crippen LogP contribution is -2.49. The van der Waals surface area contributed by atoms with Gasteiger partial charge in [0.15, 0.2) is 0 Å². The average molecular weight is 392 g/mol. The molecule has 0 saturated carbocycles. The molecule has 148 valence electrons. The van der Waals surface area contributed by atoms with E-state index in [0.29, 0.717) is 5.75 Å². The number of carboxylic acids is 2. The van der Waals surface area contributed by atoms with Gasteiger partial charge < -0.3 is 32.3 Å². The first kappa shape index (κ1) is 23.7. The Balaban J connectivity index is 4.67. The molecule has 0 aromatic heterocycles. The Kier molecular flexibility index (Phi) is 11.0. The van der Waals surface area contributed by atoms with Gasteiger partial charge in [0, 0.05) is 23.8 Å². The van der Waals surface area contributed by atoms with E-state index in [4.69, 9.17) is 21.7 Å². The molecule has 1 unspecified atom stereocenters. The van der Waals surface area contributed by atoms with Crippen LogP contribution in [0.5, 0.6) is 0 Å². The van der Waals surface area contributed by atoms with Gasteiger partial charge in [-0.25, -0.2) is 0 Å². The van der Waals surface area contributed by atoms with Crippen LogP contribution in [0, 0.1) is 5.92 Å². The second-order valence-corrected chi connectivity index (χ2v) is 6.63. The Morgan fingerprint density at radius 1 is 1.12 bits per heavy atom. The van der Waals surface area contributed by atoms with Crippen LogP contribution in [0.2, 0.25) is 0 Å². The summed E-state index contributed by atoms with van der Waals surface area (Å²) in [6, 6.07) is -2.25. The van der Waals surface area contributed by atoms with Crippen molar-refractivity contribution in [2.75, 3.05) is 18.1 Å². The van der Waals surface area contributed by atoms with E-state index in [1.807, 2.05) is 0 Å². The molecule has 0 aliphatic carbocycles. The van der Waals surface area contributed by atoms with Gasteiger partial charge in [0.25, 0.3) is 0 Å². The van der Waals surface area contributed by atoms with Gasteiger partial charge in [-0.2, -0.15) is 11.8 Å². The lowest BCUT2D eigenvalue weighted by molar-refractivity contribution is -0.139. The molecule has 0 aromatic rings. The van der Waals surface area contributed by atoms with Crippen LogP contribution in [0.4, 0.5) is 0 Å². The van der Waals surface area contributed by atoms with Crippen LogP contribution in [0.1, 0.15) is 19.8 Å². The Morgan fingerprint density at radius 2 is 1.73 bits per heavy atom. The maximum absolute atomic E-state index is 12.0. The predicted octanol–water partition coefficient (Wildman–Crippen LogP) is -2.28. The molecule has 0 rings (SSSR count). The molecule has 0 spiro atoms. The topological polar surface area (TPSA) is 202 Å². The highest BCUT2D eigenvalue weighted by Gasteiger charge is 2.23. The van der Waals surface area contributed by atoms with E-state index < -0.39 is 54.2 Å². The van der Waals surface area contributed by atoms with Crippen molar-refractivity contribution in [1.82, 2.24) is 10.6 Å². The van der Waals surface area contributed by atoms with Crippen LogP contribution in [-0.4, -0.2) is 70.0 Å². The fourth-order valence-corrected chi connectivity index (χ4v) is 2.71. The molecule has 11 nitrogen and oxygen atoms in total. The fourth-order valence-electron chi connectivity index (χ4n) is 1.59. The molecule has 0 bridgehead atoms. The highest BCUT2D eigenvalue weighted by molar-refractivity contribution is 7.99. The minimum Gasteiger partial charge on any atom is -0.480 e. The normalized spacial score (nSPS) is 13.9. The van der Waals surface area contributed by atoms with Crippen LogP contribution >= 0.6 is 11.8 Å². The summed E-state index contributed by atoms with van der Waals surface area (Å²) in [7, 11) is 0. The first-order chi connectivity index (χ1) is 12.0. The summed E-state index contributed by atoms with van der Waals surface area (Å²) in [5.41, 5.74) is 10.4. The van der Waals surface area contributed by atoms with Crippen molar-refractivity contribution < 1.29 is 34.2 Å². The van der Waals surface area contributed by atoms with Crippen molar-refractivity contribution >= 4 is 41.4 Å². The first-order valence-electron chi connectivity index (χ1n) is 7.68. The Morgan fingerprint density at radius 3 is 2.23 bits per heavy atom. The highest BCUT2D eigenvalue weighted by Crippen LogP contribution is 2.10. The second kappa shape index (κ2) is 12.1. The largest absolute Gasteiger partial charge is 0.480 e. The lowest BCUT2D eigenvalue weighted by atomic mass is 10.1. The molecular weight excluding hydrogens is 368 g/mol. The summed E-state index contributed by atoms with van der Waals surface area (Å²) in [6.07, 6.45) is -0.324. The van der Waals surface area contributed by atoms with Crippen molar-refractivity contribution in [3.63, 3.8) is 0 Å². The molecule has 0 radical (unpaired) electrons. The van der Waals surface area contributed by atoms with E-state index in [2.05, 4.69) is 10.6 Å². The van der Waals surface area contributed by atoms with E-state index in [1.165, 1.54) is 11.8 Å². The predicted molar refractivity (Wildman–Crippen MR) is 93.1 cm³/mol. The minimum atomic E-state index is -1.25. The van der Waals surface area contributed by atoms with Gasteiger partial charge in [-0.15, -0.1) is 0 Å². The van der Waals surface area contributed by atoms with Gasteiger partial charge in [-0.1, -0.05) is 6.92 Å². The van der Waals surface area contributed by atoms with Crippen molar-refractivity contribution in [2.45, 2.75) is 31.8 Å². The zero-order chi connectivity index (χ0) is 20.3. The van der Waals surface area contributed by atoms with E-state index >= 15 is 0 Å². The third-order valence-electron chi connectivity index (χ3n) is 3.20. The maximum atomic E-state index is 12.0. The minimum absolute atomic E-state index is 0.0831. The number of hydrogen-bond acceptors (Lipinski definition) is 7. The summed E-state index contributed by atoms with van der Waals surface area (Å²) in [5, 5.41) is 21.9. The third-order valence-corrected chi connectivity index (χ3v) is 4.51. The molecule has 3 atom stereocenters. The molecule has 0 aromatic carbocycles. The standard InChI is InChI=1S/C14H24N4O7S/c1-7(12(16)22)5-26-6-9(13(23)17-4-11(20)21)18-10(19)3-2-8(15)14(24)25/h7-9H,2-6,15H2,1H3,(H2,16,22)(H,17,23)(H,18,19)(H,20,21)(H,24,25)/t7?,8-,9-/m0/s1. The second-order valence-electron chi connectivity index (χ2n) is 5.56. The van der Waals surface area contributed by atoms with Crippen molar-refractivity contribution in [1.29, 1.82) is 0 Å². The fraction of sp³-hybridized carbons (Fsp3) is 0.643. The van der Waals surface area contributed by atoms with E-state index in [-0.39, 0.29) is 18.6 Å². The van der Waals surface area contributed by atoms with Crippen molar-refractivity contribution in [3.8, 4) is 0 Å². The SMILES string of the molecule is CC(CSC[C@H](NC(=O)CC[C@H](N)C(=O)O)C(=O)NCC(=O)O)C(N)=O. The molecule has 26 heavy (non-hydrogen) atoms. The number of carboxylic acid groups (broad SMARTS) is 2. The number of nitrogens with one attached hydrogen (secondary N) is 2. The van der Waals surface area contributed by atoms with Crippen LogP contribution < -0.4 is 22.1 Å². The van der Waals surface area contributed by atoms with Crippen molar-refractivity contribution in [2.24, 2.45) is 17.4 Å². The number of aliphatic carboxylic acids is 2. The number of rotatable bonds is 13. The number of hydrogen-bond donors (Lipinski definition) is 6. The molecule has 12 heteroatoms. The van der Waals surface area contributed by atoms with Gasteiger partial charge >= 0.3 is 11.9 Å². The summed E-state index contributed by atoms with van der Waals surface area (Å²) >= 11 is 1.19. The molecule has 8 N–H and O–H groups in total. The number of carbonyl (C=O) groups is 5. The number of primary amides is 1. The molecule has 0 fully saturated rings. The molecular formula is C14H24N4O7S. The van der Waals surface area contributed by atoms with Crippen molar-refractivity contribution in [3.05, 3.63) is 0 Å². The molecule has 0 aliphatic rings. The van der Waals surface area contributed by atoms with Gasteiger partial charge in [0.1, 0.15) is 18.6 Å². The quantitative estimate of drug-likeness (QED) is 0.199. The van der Waals surface area contributed by atoms with E-state index in [9.17, 15) is 24.0 Å². The van der Waals surface area contributed by atoms with Gasteiger partial charge in [0.2, 0.25) is 17.7 Å². The van der Waals surface area contributed by atoms with Crippen LogP contribution in [0.3, 0.4) is 0 Å². The van der Waals surface area contributed by atoms with Crippen LogP contribution in [0.25, 0.3) is 0 Å². The van der Waals surface area contributed by atoms with Gasteiger partial charge in [-0.3, -0.25) is 24.0 Å². The van der Waals surface area contributed by atoms with Gasteiger partial charge in [-0.05, 0) is 6.42 Å². The number of thioether (sulfide) groups is 1.